The van der Waals surface area contributed by atoms with Gasteiger partial charge in [-0.15, -0.1) is 0 Å². The number of anilines is 1. The fourth-order valence-electron chi connectivity index (χ4n) is 2.09. The molecule has 0 atom stereocenters. The van der Waals surface area contributed by atoms with E-state index in [2.05, 4.69) is 4.72 Å². The van der Waals surface area contributed by atoms with Gasteiger partial charge in [0.05, 0.1) is 5.02 Å². The standard InChI is InChI=1S/C13H20ClFN2O2S/c1-4-13(5-2,6-3)17-20(18,19)11-8-9(16)7-10(14)12(11)15/h7-8,17H,4-6,16H2,1-3H3. The van der Waals surface area contributed by atoms with Gasteiger partial charge in [-0.2, -0.15) is 0 Å². The maximum Gasteiger partial charge on any atom is 0.244 e. The maximum atomic E-state index is 14.0. The van der Waals surface area contributed by atoms with Gasteiger partial charge in [-0.1, -0.05) is 32.4 Å². The molecule has 1 aromatic carbocycles. The predicted molar refractivity (Wildman–Crippen MR) is 79.7 cm³/mol. The van der Waals surface area contributed by atoms with Crippen LogP contribution in [-0.4, -0.2) is 14.0 Å². The van der Waals surface area contributed by atoms with Crippen LogP contribution in [0, 0.1) is 5.82 Å². The highest BCUT2D eigenvalue weighted by molar-refractivity contribution is 7.89. The number of benzene rings is 1. The summed E-state index contributed by atoms with van der Waals surface area (Å²) in [5.41, 5.74) is 5.05. The molecule has 7 heteroatoms. The molecule has 0 saturated heterocycles. The highest BCUT2D eigenvalue weighted by Gasteiger charge is 2.32. The smallest absolute Gasteiger partial charge is 0.244 e. The third-order valence-electron chi connectivity index (χ3n) is 3.69. The van der Waals surface area contributed by atoms with Gasteiger partial charge in [-0.3, -0.25) is 0 Å². The van der Waals surface area contributed by atoms with Crippen molar-refractivity contribution in [3.63, 3.8) is 0 Å². The predicted octanol–water partition coefficient (Wildman–Crippen LogP) is 3.31. The average molecular weight is 323 g/mol. The van der Waals surface area contributed by atoms with Crippen LogP contribution in [0.3, 0.4) is 0 Å². The molecule has 0 bridgehead atoms. The molecule has 114 valence electrons. The van der Waals surface area contributed by atoms with Crippen LogP contribution in [0.5, 0.6) is 0 Å². The van der Waals surface area contributed by atoms with E-state index >= 15 is 0 Å². The lowest BCUT2D eigenvalue weighted by molar-refractivity contribution is 0.341. The highest BCUT2D eigenvalue weighted by Crippen LogP contribution is 2.28. The number of nitrogen functional groups attached to an aromatic ring is 1. The molecule has 0 aliphatic carbocycles. The minimum atomic E-state index is -4.02. The Morgan fingerprint density at radius 2 is 1.75 bits per heavy atom. The summed E-state index contributed by atoms with van der Waals surface area (Å²) in [6.45, 7) is 5.66. The molecule has 0 spiro atoms. The van der Waals surface area contributed by atoms with E-state index in [1.807, 2.05) is 20.8 Å². The van der Waals surface area contributed by atoms with Crippen molar-refractivity contribution < 1.29 is 12.8 Å². The Kier molecular flexibility index (Phi) is 5.40. The number of nitrogens with two attached hydrogens (primary N) is 1. The van der Waals surface area contributed by atoms with Crippen molar-refractivity contribution >= 4 is 27.3 Å². The number of halogens is 2. The first-order valence-corrected chi connectivity index (χ1v) is 8.36. The van der Waals surface area contributed by atoms with Crippen LogP contribution in [-0.2, 0) is 10.0 Å². The lowest BCUT2D eigenvalue weighted by atomic mass is 9.91. The largest absolute Gasteiger partial charge is 0.399 e. The molecule has 0 heterocycles. The van der Waals surface area contributed by atoms with Crippen molar-refractivity contribution in [3.05, 3.63) is 23.0 Å². The Labute approximate surface area is 124 Å². The van der Waals surface area contributed by atoms with Gasteiger partial charge in [-0.25, -0.2) is 17.5 Å². The summed E-state index contributed by atoms with van der Waals surface area (Å²) in [4.78, 5) is -0.512. The first-order chi connectivity index (χ1) is 9.21. The molecular formula is C13H20ClFN2O2S. The topological polar surface area (TPSA) is 72.2 Å². The fraction of sp³-hybridized carbons (Fsp3) is 0.538. The van der Waals surface area contributed by atoms with Crippen molar-refractivity contribution in [2.45, 2.75) is 50.5 Å². The van der Waals surface area contributed by atoms with Crippen LogP contribution >= 0.6 is 11.6 Å². The van der Waals surface area contributed by atoms with Gasteiger partial charge in [-0.05, 0) is 31.4 Å². The fourth-order valence-corrected chi connectivity index (χ4v) is 4.12. The summed E-state index contributed by atoms with van der Waals surface area (Å²) in [5, 5.41) is -0.305. The van der Waals surface area contributed by atoms with Gasteiger partial charge in [0.25, 0.3) is 0 Å². The monoisotopic (exact) mass is 322 g/mol. The average Bonchev–Trinajstić information content (AvgIpc) is 2.40. The number of sulfonamides is 1. The van der Waals surface area contributed by atoms with Gasteiger partial charge >= 0.3 is 0 Å². The molecule has 0 unspecified atom stereocenters. The van der Waals surface area contributed by atoms with Gasteiger partial charge < -0.3 is 5.73 Å². The minimum Gasteiger partial charge on any atom is -0.399 e. The highest BCUT2D eigenvalue weighted by atomic mass is 35.5. The Hall–Kier alpha value is -0.850. The zero-order valence-corrected chi connectivity index (χ0v) is 13.4. The second-order valence-electron chi connectivity index (χ2n) is 4.76. The summed E-state index contributed by atoms with van der Waals surface area (Å²) in [6, 6.07) is 2.26. The zero-order valence-electron chi connectivity index (χ0n) is 11.8. The lowest BCUT2D eigenvalue weighted by Gasteiger charge is -2.31. The molecule has 4 nitrogen and oxygen atoms in total. The molecule has 0 saturated carbocycles. The molecule has 0 aromatic heterocycles. The van der Waals surface area contributed by atoms with E-state index in [1.54, 1.807) is 0 Å². The normalized spacial score (nSPS) is 12.7. The number of rotatable bonds is 6. The quantitative estimate of drug-likeness (QED) is 0.789. The molecule has 0 aliphatic rings. The van der Waals surface area contributed by atoms with Crippen molar-refractivity contribution in [2.24, 2.45) is 0 Å². The van der Waals surface area contributed by atoms with Gasteiger partial charge in [0.2, 0.25) is 10.0 Å². The van der Waals surface area contributed by atoms with Crippen molar-refractivity contribution in [1.82, 2.24) is 4.72 Å². The molecule has 3 N–H and O–H groups in total. The summed E-state index contributed by atoms with van der Waals surface area (Å²) in [5.74, 6) is -0.981. The van der Waals surface area contributed by atoms with Crippen molar-refractivity contribution in [3.8, 4) is 0 Å². The molecular weight excluding hydrogens is 303 g/mol. The minimum absolute atomic E-state index is 0.104. The van der Waals surface area contributed by atoms with E-state index in [0.717, 1.165) is 6.07 Å². The van der Waals surface area contributed by atoms with E-state index in [1.165, 1.54) is 6.07 Å². The van der Waals surface area contributed by atoms with Gasteiger partial charge in [0.15, 0.2) is 5.82 Å². The van der Waals surface area contributed by atoms with Crippen LogP contribution in [0.4, 0.5) is 10.1 Å². The van der Waals surface area contributed by atoms with Crippen LogP contribution < -0.4 is 10.5 Å². The molecule has 0 amide bonds. The number of hydrogen-bond donors (Lipinski definition) is 2. The molecule has 1 aromatic rings. The Bertz CT molecular complexity index is 578. The Balaban J connectivity index is 3.31. The van der Waals surface area contributed by atoms with Crippen molar-refractivity contribution in [1.29, 1.82) is 0 Å². The van der Waals surface area contributed by atoms with Gasteiger partial charge in [0.1, 0.15) is 4.90 Å². The Morgan fingerprint density at radius 1 is 1.25 bits per heavy atom. The van der Waals surface area contributed by atoms with E-state index in [0.29, 0.717) is 19.3 Å². The molecule has 1 rings (SSSR count). The van der Waals surface area contributed by atoms with E-state index in [9.17, 15) is 12.8 Å². The van der Waals surface area contributed by atoms with E-state index in [-0.39, 0.29) is 10.7 Å². The van der Waals surface area contributed by atoms with Crippen LogP contribution in [0.15, 0.2) is 17.0 Å². The second-order valence-corrected chi connectivity index (χ2v) is 6.82. The summed E-state index contributed by atoms with van der Waals surface area (Å²) >= 11 is 5.65. The lowest BCUT2D eigenvalue weighted by Crippen LogP contribution is -2.47. The Morgan fingerprint density at radius 3 is 2.20 bits per heavy atom. The zero-order chi connectivity index (χ0) is 15.6. The van der Waals surface area contributed by atoms with Crippen LogP contribution in [0.2, 0.25) is 5.02 Å². The van der Waals surface area contributed by atoms with Crippen LogP contribution in [0.1, 0.15) is 40.0 Å². The maximum absolute atomic E-state index is 14.0. The SMILES string of the molecule is CCC(CC)(CC)NS(=O)(=O)c1cc(N)cc(Cl)c1F. The summed E-state index contributed by atoms with van der Waals surface area (Å²) < 4.78 is 41.3. The first kappa shape index (κ1) is 17.2. The summed E-state index contributed by atoms with van der Waals surface area (Å²) in [7, 11) is -4.02. The number of nitrogens with one attached hydrogen (secondary N) is 1. The third-order valence-corrected chi connectivity index (χ3v) is 5.54. The van der Waals surface area contributed by atoms with Crippen molar-refractivity contribution in [2.75, 3.05) is 5.73 Å². The molecule has 0 fully saturated rings. The molecule has 20 heavy (non-hydrogen) atoms. The van der Waals surface area contributed by atoms with E-state index in [4.69, 9.17) is 17.3 Å². The molecule has 0 radical (unpaired) electrons. The summed E-state index contributed by atoms with van der Waals surface area (Å²) in [6.07, 6.45) is 1.82. The number of hydrogen-bond acceptors (Lipinski definition) is 3. The second kappa shape index (κ2) is 6.28. The van der Waals surface area contributed by atoms with E-state index < -0.39 is 26.3 Å². The molecule has 0 aliphatic heterocycles. The van der Waals surface area contributed by atoms with Gasteiger partial charge in [0, 0.05) is 11.2 Å². The van der Waals surface area contributed by atoms with Crippen LogP contribution in [0.25, 0.3) is 0 Å². The first-order valence-electron chi connectivity index (χ1n) is 6.49. The third kappa shape index (κ3) is 3.42.